The van der Waals surface area contributed by atoms with Gasteiger partial charge in [0.25, 0.3) is 0 Å². The van der Waals surface area contributed by atoms with Crippen molar-refractivity contribution < 1.29 is 9.90 Å². The van der Waals surface area contributed by atoms with Crippen LogP contribution in [0.3, 0.4) is 0 Å². The molecule has 0 spiro atoms. The van der Waals surface area contributed by atoms with Crippen LogP contribution in [0.25, 0.3) is 0 Å². The fourth-order valence-electron chi connectivity index (χ4n) is 1.93. The van der Waals surface area contributed by atoms with Crippen molar-refractivity contribution in [2.75, 3.05) is 0 Å². The van der Waals surface area contributed by atoms with Crippen molar-refractivity contribution in [3.05, 3.63) is 11.8 Å². The van der Waals surface area contributed by atoms with Gasteiger partial charge in [0.1, 0.15) is 5.78 Å². The molecule has 0 aliphatic heterocycles. The van der Waals surface area contributed by atoms with E-state index >= 15 is 0 Å². The number of carbonyl (C=O) groups excluding carboxylic acids is 1. The Morgan fingerprint density at radius 3 is 2.37 bits per heavy atom. The van der Waals surface area contributed by atoms with Gasteiger partial charge in [-0.25, -0.2) is 0 Å². The van der Waals surface area contributed by atoms with Gasteiger partial charge in [0, 0.05) is 12.8 Å². The van der Waals surface area contributed by atoms with E-state index in [1.807, 2.05) is 0 Å². The first-order valence-electron chi connectivity index (χ1n) is 7.72. The lowest BCUT2D eigenvalue weighted by Gasteiger charge is -2.10. The molecule has 112 valence electrons. The number of unbranched alkanes of at least 4 members (excludes halogenated alkanes) is 2. The highest BCUT2D eigenvalue weighted by Crippen LogP contribution is 2.10. The average molecular weight is 285 g/mol. The number of aliphatic hydroxyl groups excluding tert-OH is 1. The first-order chi connectivity index (χ1) is 8.85. The molecule has 0 amide bonds. The largest absolute Gasteiger partial charge is 0.393 e. The molecule has 1 N–H and O–H groups in total. The maximum Gasteiger partial charge on any atom is 0.132 e. The van der Waals surface area contributed by atoms with Crippen molar-refractivity contribution in [3.8, 4) is 0 Å². The number of ketones is 1. The highest BCUT2D eigenvalue weighted by atomic mass is 28.3. The summed E-state index contributed by atoms with van der Waals surface area (Å²) in [5.41, 5.74) is 2.27. The summed E-state index contributed by atoms with van der Waals surface area (Å²) >= 11 is 0. The third kappa shape index (κ3) is 13.8. The Morgan fingerprint density at radius 2 is 1.79 bits per heavy atom. The van der Waals surface area contributed by atoms with Gasteiger partial charge in [-0.3, -0.25) is 4.79 Å². The first kappa shape index (κ1) is 18.6. The van der Waals surface area contributed by atoms with E-state index in [9.17, 15) is 9.90 Å². The summed E-state index contributed by atoms with van der Waals surface area (Å²) < 4.78 is 0. The molecule has 0 fully saturated rings. The third-order valence-corrected chi connectivity index (χ3v) is 4.31. The van der Waals surface area contributed by atoms with Crippen molar-refractivity contribution in [2.24, 2.45) is 0 Å². The average Bonchev–Trinajstić information content (AvgIpc) is 2.27. The topological polar surface area (TPSA) is 37.3 Å². The van der Waals surface area contributed by atoms with Gasteiger partial charge in [0.15, 0.2) is 0 Å². The number of Topliss-reactive ketones (excluding diaryl/α,β-unsaturated/α-hetero) is 1. The minimum Gasteiger partial charge on any atom is -0.393 e. The fraction of sp³-hybridized carbons (Fsp3) is 0.812. The fourth-order valence-corrected chi connectivity index (χ4v) is 2.77. The molecule has 0 unspecified atom stereocenters. The predicted octanol–water partition coefficient (Wildman–Crippen LogP) is 4.49. The minimum absolute atomic E-state index is 0.281. The summed E-state index contributed by atoms with van der Waals surface area (Å²) in [5, 5.41) is 9.83. The molecule has 0 aromatic carbocycles. The Kier molecular flexibility index (Phi) is 10.2. The summed E-state index contributed by atoms with van der Waals surface area (Å²) in [6.07, 6.45) is 8.83. The van der Waals surface area contributed by atoms with Crippen molar-refractivity contribution in [1.29, 1.82) is 0 Å². The normalized spacial score (nSPS) is 13.9. The lowest BCUT2D eigenvalue weighted by atomic mass is 10.0. The van der Waals surface area contributed by atoms with Crippen LogP contribution in [-0.4, -0.2) is 25.1 Å². The lowest BCUT2D eigenvalue weighted by Crippen LogP contribution is -2.16. The van der Waals surface area contributed by atoms with Gasteiger partial charge in [0.2, 0.25) is 0 Å². The van der Waals surface area contributed by atoms with Crippen molar-refractivity contribution >= 4 is 13.9 Å². The van der Waals surface area contributed by atoms with Gasteiger partial charge in [-0.05, 0) is 25.7 Å². The smallest absolute Gasteiger partial charge is 0.132 e. The molecular formula is C16H32O2Si. The van der Waals surface area contributed by atoms with E-state index in [2.05, 4.69) is 38.3 Å². The third-order valence-electron chi connectivity index (χ3n) is 3.08. The number of hydrogen-bond donors (Lipinski definition) is 1. The van der Waals surface area contributed by atoms with E-state index in [0.717, 1.165) is 44.9 Å². The Labute approximate surface area is 120 Å². The molecule has 0 radical (unpaired) electrons. The Morgan fingerprint density at radius 1 is 1.16 bits per heavy atom. The molecule has 3 heteroatoms. The molecule has 0 bridgehead atoms. The van der Waals surface area contributed by atoms with E-state index in [0.29, 0.717) is 12.2 Å². The maximum atomic E-state index is 11.6. The summed E-state index contributed by atoms with van der Waals surface area (Å²) in [5.74, 6) is 0.360. The molecule has 0 saturated carbocycles. The minimum atomic E-state index is -1.14. The van der Waals surface area contributed by atoms with Gasteiger partial charge in [0.05, 0.1) is 14.2 Å². The molecule has 0 saturated heterocycles. The van der Waals surface area contributed by atoms with E-state index < -0.39 is 8.07 Å². The molecule has 0 aliphatic carbocycles. The van der Waals surface area contributed by atoms with Gasteiger partial charge in [-0.15, -0.1) is 0 Å². The molecule has 0 heterocycles. The van der Waals surface area contributed by atoms with Crippen molar-refractivity contribution in [1.82, 2.24) is 0 Å². The maximum absolute atomic E-state index is 11.6. The quantitative estimate of drug-likeness (QED) is 0.448. The monoisotopic (exact) mass is 284 g/mol. The predicted molar refractivity (Wildman–Crippen MR) is 86.1 cm³/mol. The number of carbonyl (C=O) groups is 1. The standard InChI is InChI=1S/C16H32O2Si/c1-5-6-7-10-15(17)11-8-12-16(18)13-9-14-19(2,3)4/h9,14,16,18H,5-8,10-13H2,1-4H3/t16-/m0/s1. The number of rotatable bonds is 11. The second-order valence-electron chi connectivity index (χ2n) is 6.55. The first-order valence-corrected chi connectivity index (χ1v) is 11.3. The summed E-state index contributed by atoms with van der Waals surface area (Å²) in [7, 11) is -1.14. The molecule has 0 aromatic heterocycles. The van der Waals surface area contributed by atoms with Gasteiger partial charge < -0.3 is 5.11 Å². The Balaban J connectivity index is 3.60. The zero-order valence-electron chi connectivity index (χ0n) is 13.2. The van der Waals surface area contributed by atoms with Crippen LogP contribution >= 0.6 is 0 Å². The summed E-state index contributed by atoms with van der Waals surface area (Å²) in [6, 6.07) is 0. The van der Waals surface area contributed by atoms with Crippen LogP contribution in [0.5, 0.6) is 0 Å². The van der Waals surface area contributed by atoms with Gasteiger partial charge in [-0.1, -0.05) is 51.2 Å². The molecule has 0 aliphatic rings. The van der Waals surface area contributed by atoms with Crippen molar-refractivity contribution in [2.45, 2.75) is 84.0 Å². The van der Waals surface area contributed by atoms with E-state index in [4.69, 9.17) is 0 Å². The Hall–Kier alpha value is -0.413. The zero-order valence-corrected chi connectivity index (χ0v) is 14.2. The second kappa shape index (κ2) is 10.4. The SMILES string of the molecule is CCCCCC(=O)CCC[C@H](O)CC=C[Si](C)(C)C. The molecule has 1 atom stereocenters. The van der Waals surface area contributed by atoms with Gasteiger partial charge in [-0.2, -0.15) is 0 Å². The van der Waals surface area contributed by atoms with E-state index in [-0.39, 0.29) is 6.10 Å². The zero-order chi connectivity index (χ0) is 14.7. The lowest BCUT2D eigenvalue weighted by molar-refractivity contribution is -0.119. The van der Waals surface area contributed by atoms with Crippen LogP contribution in [0.15, 0.2) is 11.8 Å². The Bertz CT molecular complexity index is 266. The van der Waals surface area contributed by atoms with Crippen molar-refractivity contribution in [3.63, 3.8) is 0 Å². The van der Waals surface area contributed by atoms with Crippen LogP contribution in [0.1, 0.15) is 58.3 Å². The highest BCUT2D eigenvalue weighted by molar-refractivity contribution is 6.80. The summed E-state index contributed by atoms with van der Waals surface area (Å²) in [6.45, 7) is 9.00. The number of aliphatic hydroxyl groups is 1. The number of hydrogen-bond acceptors (Lipinski definition) is 2. The second-order valence-corrected chi connectivity index (χ2v) is 11.6. The van der Waals surface area contributed by atoms with E-state index in [1.54, 1.807) is 0 Å². The molecular weight excluding hydrogens is 252 g/mol. The van der Waals surface area contributed by atoms with Crippen LogP contribution < -0.4 is 0 Å². The van der Waals surface area contributed by atoms with Crippen LogP contribution in [0, 0.1) is 0 Å². The summed E-state index contributed by atoms with van der Waals surface area (Å²) in [4.78, 5) is 11.6. The van der Waals surface area contributed by atoms with Crippen LogP contribution in [-0.2, 0) is 4.79 Å². The molecule has 19 heavy (non-hydrogen) atoms. The van der Waals surface area contributed by atoms with E-state index in [1.165, 1.54) is 0 Å². The molecule has 0 rings (SSSR count). The van der Waals surface area contributed by atoms with Crippen LogP contribution in [0.4, 0.5) is 0 Å². The van der Waals surface area contributed by atoms with Crippen LogP contribution in [0.2, 0.25) is 19.6 Å². The molecule has 0 aromatic rings. The molecule has 2 nitrogen and oxygen atoms in total. The highest BCUT2D eigenvalue weighted by Gasteiger charge is 2.08. The van der Waals surface area contributed by atoms with Gasteiger partial charge >= 0.3 is 0 Å².